The molecule has 9 nitrogen and oxygen atoms in total. The predicted octanol–water partition coefficient (Wildman–Crippen LogP) is 7.55. The molecule has 6 saturated carbocycles. The molecule has 7 unspecified atom stereocenters. The minimum atomic E-state index is -1.13. The van der Waals surface area contributed by atoms with Crippen LogP contribution in [0.25, 0.3) is 0 Å². The standard InChI is InChI=1S/C44H66O9/c1-24(2)28-13-18-43(22-31(48)37-38(51-26(4)46)44(53-27(5)47)21-30(44)32(52-37)23-50-25(3)45)20-19-41(9)29(36(28)43)11-12-34-40(8)16-15-35(49)39(6,7)33(40)14-17-42(34,41)10/h28-34,36-38,48H,1,11-23H2,2-10H3/t28-,29?,30-,31+,32?,33?,34?,36?,37-,38?,40-,41+,42+,43+,44?/m0/s1. The zero-order chi connectivity index (χ0) is 38.7. The SMILES string of the molecule is C=C(C)[C@@H]1CC[C@]2(C[C@@H](O)[C@@H]3OC(COC(C)=O)[C@@H]4CC4(OC(C)=O)C3OC(C)=O)CC[C@]3(C)C(CCC4[C@@]5(C)CCC(=O)C(C)(C)C5CC[C@]43C)C12. The maximum Gasteiger partial charge on any atom is 0.303 e. The molecule has 7 aliphatic rings. The Balaban J connectivity index is 1.21. The van der Waals surface area contributed by atoms with Crippen LogP contribution in [0, 0.1) is 62.6 Å². The molecular formula is C44H66O9. The van der Waals surface area contributed by atoms with E-state index < -0.39 is 47.9 Å². The molecule has 1 aliphatic heterocycles. The van der Waals surface area contributed by atoms with Crippen molar-refractivity contribution in [3.05, 3.63) is 12.2 Å². The number of rotatable bonds is 8. The van der Waals surface area contributed by atoms with Crippen LogP contribution in [0.5, 0.6) is 0 Å². The van der Waals surface area contributed by atoms with E-state index in [1.807, 2.05) is 0 Å². The number of hydrogen-bond acceptors (Lipinski definition) is 9. The molecule has 1 heterocycles. The highest BCUT2D eigenvalue weighted by atomic mass is 16.6. The van der Waals surface area contributed by atoms with Crippen molar-refractivity contribution in [2.75, 3.05) is 6.61 Å². The number of allylic oxidation sites excluding steroid dienone is 1. The van der Waals surface area contributed by atoms with Gasteiger partial charge >= 0.3 is 17.9 Å². The number of fused-ring (bicyclic) bond motifs is 8. The number of hydrogen-bond donors (Lipinski definition) is 1. The number of Topliss-reactive ketones (excluding diaryl/α,β-unsaturated/α-hetero) is 1. The minimum absolute atomic E-state index is 0.0319. The van der Waals surface area contributed by atoms with Crippen molar-refractivity contribution in [1.29, 1.82) is 0 Å². The molecule has 296 valence electrons. The van der Waals surface area contributed by atoms with E-state index >= 15 is 0 Å². The number of aliphatic hydroxyl groups is 1. The first-order valence-corrected chi connectivity index (χ1v) is 20.7. The maximum absolute atomic E-state index is 13.2. The van der Waals surface area contributed by atoms with Crippen molar-refractivity contribution in [3.8, 4) is 0 Å². The normalized spacial score (nSPS) is 48.4. The molecule has 0 aromatic carbocycles. The average molecular weight is 739 g/mol. The Morgan fingerprint density at radius 1 is 0.849 bits per heavy atom. The van der Waals surface area contributed by atoms with Gasteiger partial charge in [0, 0.05) is 44.9 Å². The van der Waals surface area contributed by atoms with E-state index in [-0.39, 0.29) is 39.6 Å². The molecule has 6 aliphatic carbocycles. The van der Waals surface area contributed by atoms with Crippen LogP contribution in [-0.2, 0) is 38.1 Å². The van der Waals surface area contributed by atoms with Gasteiger partial charge in [0.15, 0.2) is 11.7 Å². The molecule has 9 heteroatoms. The highest BCUT2D eigenvalue weighted by Crippen LogP contribution is 2.78. The summed E-state index contributed by atoms with van der Waals surface area (Å²) < 4.78 is 23.8. The van der Waals surface area contributed by atoms with Crippen LogP contribution in [0.1, 0.15) is 139 Å². The van der Waals surface area contributed by atoms with Crippen molar-refractivity contribution in [2.45, 2.75) is 169 Å². The quantitative estimate of drug-likeness (QED) is 0.153. The van der Waals surface area contributed by atoms with Crippen molar-refractivity contribution in [2.24, 2.45) is 62.6 Å². The first kappa shape index (κ1) is 39.0. The summed E-state index contributed by atoms with van der Waals surface area (Å²) in [6, 6.07) is 0. The summed E-state index contributed by atoms with van der Waals surface area (Å²) in [5, 5.41) is 12.5. The number of esters is 3. The molecule has 0 aromatic rings. The van der Waals surface area contributed by atoms with Gasteiger partial charge in [-0.2, -0.15) is 0 Å². The second kappa shape index (κ2) is 12.9. The number of ether oxygens (including phenoxy) is 4. The van der Waals surface area contributed by atoms with Crippen LogP contribution < -0.4 is 0 Å². The summed E-state index contributed by atoms with van der Waals surface area (Å²) in [6.07, 6.45) is 7.63. The van der Waals surface area contributed by atoms with Crippen molar-refractivity contribution < 1.29 is 43.2 Å². The van der Waals surface area contributed by atoms with Crippen LogP contribution >= 0.6 is 0 Å². The van der Waals surface area contributed by atoms with E-state index in [9.17, 15) is 24.3 Å². The summed E-state index contributed by atoms with van der Waals surface area (Å²) in [6.45, 7) is 22.9. The van der Waals surface area contributed by atoms with Crippen LogP contribution in [0.3, 0.4) is 0 Å². The summed E-state index contributed by atoms with van der Waals surface area (Å²) in [7, 11) is 0. The van der Waals surface area contributed by atoms with Gasteiger partial charge in [0.05, 0.1) is 12.2 Å². The lowest BCUT2D eigenvalue weighted by atomic mass is 9.32. The van der Waals surface area contributed by atoms with Crippen molar-refractivity contribution in [3.63, 3.8) is 0 Å². The summed E-state index contributed by atoms with van der Waals surface area (Å²) in [4.78, 5) is 50.1. The number of carbonyl (C=O) groups excluding carboxylic acids is 4. The van der Waals surface area contributed by atoms with Gasteiger partial charge in [0.2, 0.25) is 0 Å². The van der Waals surface area contributed by atoms with Crippen LogP contribution in [0.2, 0.25) is 0 Å². The van der Waals surface area contributed by atoms with E-state index in [0.29, 0.717) is 54.6 Å². The third-order valence-electron chi connectivity index (χ3n) is 17.6. The summed E-state index contributed by atoms with van der Waals surface area (Å²) in [5.74, 6) is 0.763. The molecule has 7 fully saturated rings. The van der Waals surface area contributed by atoms with Crippen LogP contribution in [-0.4, -0.2) is 65.4 Å². The first-order valence-electron chi connectivity index (χ1n) is 20.7. The number of carbonyl (C=O) groups is 4. The number of aliphatic hydroxyl groups excluding tert-OH is 1. The lowest BCUT2D eigenvalue weighted by Crippen LogP contribution is -2.66. The predicted molar refractivity (Wildman–Crippen MR) is 198 cm³/mol. The molecule has 1 N–H and O–H groups in total. The largest absolute Gasteiger partial charge is 0.463 e. The van der Waals surface area contributed by atoms with Gasteiger partial charge in [-0.1, -0.05) is 46.8 Å². The molecule has 15 atom stereocenters. The Hall–Kier alpha value is -2.26. The highest BCUT2D eigenvalue weighted by Gasteiger charge is 2.75. The smallest absolute Gasteiger partial charge is 0.303 e. The molecule has 53 heavy (non-hydrogen) atoms. The topological polar surface area (TPSA) is 125 Å². The van der Waals surface area contributed by atoms with Gasteiger partial charge in [0.25, 0.3) is 0 Å². The Morgan fingerprint density at radius 3 is 2.21 bits per heavy atom. The van der Waals surface area contributed by atoms with Crippen molar-refractivity contribution in [1.82, 2.24) is 0 Å². The lowest BCUT2D eigenvalue weighted by molar-refractivity contribution is -0.247. The first-order chi connectivity index (χ1) is 24.7. The van der Waals surface area contributed by atoms with E-state index in [1.54, 1.807) is 0 Å². The average Bonchev–Trinajstić information content (AvgIpc) is 3.66. The molecule has 7 rings (SSSR count). The Bertz CT molecular complexity index is 1550. The van der Waals surface area contributed by atoms with Crippen LogP contribution in [0.4, 0.5) is 0 Å². The van der Waals surface area contributed by atoms with Crippen molar-refractivity contribution >= 4 is 23.7 Å². The minimum Gasteiger partial charge on any atom is -0.463 e. The molecule has 0 spiro atoms. The van der Waals surface area contributed by atoms with Gasteiger partial charge < -0.3 is 24.1 Å². The van der Waals surface area contributed by atoms with E-state index in [0.717, 1.165) is 57.8 Å². The molecule has 0 bridgehead atoms. The van der Waals surface area contributed by atoms with Gasteiger partial charge in [0.1, 0.15) is 18.5 Å². The molecule has 1 saturated heterocycles. The second-order valence-corrected chi connectivity index (χ2v) is 20.3. The monoisotopic (exact) mass is 738 g/mol. The fourth-order valence-electron chi connectivity index (χ4n) is 15.1. The van der Waals surface area contributed by atoms with Crippen LogP contribution in [0.15, 0.2) is 12.2 Å². The van der Waals surface area contributed by atoms with Gasteiger partial charge in [-0.15, -0.1) is 0 Å². The fourth-order valence-corrected chi connectivity index (χ4v) is 15.1. The Labute approximate surface area is 317 Å². The lowest BCUT2D eigenvalue weighted by Gasteiger charge is -2.72. The maximum atomic E-state index is 13.2. The van der Waals surface area contributed by atoms with E-state index in [1.165, 1.54) is 26.3 Å². The molecule has 0 aromatic heterocycles. The third kappa shape index (κ3) is 5.72. The summed E-state index contributed by atoms with van der Waals surface area (Å²) >= 11 is 0. The molecule has 0 amide bonds. The summed E-state index contributed by atoms with van der Waals surface area (Å²) in [5.41, 5.74) is 0.0120. The van der Waals surface area contributed by atoms with E-state index in [2.05, 4.69) is 48.1 Å². The third-order valence-corrected chi connectivity index (χ3v) is 17.6. The zero-order valence-corrected chi connectivity index (χ0v) is 33.9. The highest BCUT2D eigenvalue weighted by molar-refractivity contribution is 5.85. The second-order valence-electron chi connectivity index (χ2n) is 20.3. The van der Waals surface area contributed by atoms with E-state index in [4.69, 9.17) is 18.9 Å². The Morgan fingerprint density at radius 2 is 1.57 bits per heavy atom. The fraction of sp³-hybridized carbons (Fsp3) is 0.864. The molecule has 0 radical (unpaired) electrons. The Kier molecular flexibility index (Phi) is 9.48. The molecular weight excluding hydrogens is 672 g/mol. The zero-order valence-electron chi connectivity index (χ0n) is 33.9. The van der Waals surface area contributed by atoms with Gasteiger partial charge in [-0.05, 0) is 122 Å². The van der Waals surface area contributed by atoms with Gasteiger partial charge in [-0.25, -0.2) is 0 Å². The van der Waals surface area contributed by atoms with Gasteiger partial charge in [-0.3, -0.25) is 19.2 Å². The number of ketones is 1.